The Kier molecular flexibility index (Phi) is 7.37. The van der Waals surface area contributed by atoms with E-state index in [2.05, 4.69) is 15.5 Å². The monoisotopic (exact) mass is 425 g/mol. The second-order valence-corrected chi connectivity index (χ2v) is 6.61. The molecule has 8 heteroatoms. The number of aryl methyl sites for hydroxylation is 1. The zero-order valence-corrected chi connectivity index (χ0v) is 18.2. The van der Waals surface area contributed by atoms with Crippen LogP contribution in [0.3, 0.4) is 0 Å². The molecule has 0 unspecified atom stereocenters. The van der Waals surface area contributed by atoms with Gasteiger partial charge >= 0.3 is 0 Å². The second kappa shape index (κ2) is 10.4. The highest BCUT2D eigenvalue weighted by molar-refractivity contribution is 5.95. The Morgan fingerprint density at radius 2 is 1.65 bits per heavy atom. The van der Waals surface area contributed by atoms with E-state index >= 15 is 0 Å². The van der Waals surface area contributed by atoms with E-state index in [9.17, 15) is 4.79 Å². The van der Waals surface area contributed by atoms with E-state index in [1.807, 2.05) is 39.0 Å². The van der Waals surface area contributed by atoms with Crippen LogP contribution in [0.25, 0.3) is 11.1 Å². The number of benzene rings is 2. The third-order valence-electron chi connectivity index (χ3n) is 4.47. The van der Waals surface area contributed by atoms with Crippen LogP contribution in [0.1, 0.15) is 19.5 Å². The number of hydrogen-bond donors (Lipinski definition) is 2. The van der Waals surface area contributed by atoms with Crippen molar-refractivity contribution in [3.8, 4) is 34.1 Å². The summed E-state index contributed by atoms with van der Waals surface area (Å²) in [7, 11) is 1.59. The smallest absolute Gasteiger partial charge is 0.263 e. The first-order chi connectivity index (χ1) is 15.0. The minimum atomic E-state index is -0.320. The molecule has 0 aliphatic heterocycles. The summed E-state index contributed by atoms with van der Waals surface area (Å²) < 4.78 is 22.0. The van der Waals surface area contributed by atoms with Crippen LogP contribution in [0.15, 0.2) is 42.5 Å². The van der Waals surface area contributed by atoms with Gasteiger partial charge in [0.05, 0.1) is 20.3 Å². The van der Waals surface area contributed by atoms with Crippen molar-refractivity contribution in [1.29, 1.82) is 0 Å². The molecular weight excluding hydrogens is 398 g/mol. The number of carbonyl (C=O) groups excluding carboxylic acids is 1. The topological polar surface area (TPSA) is 94.7 Å². The minimum absolute atomic E-state index is 0.148. The molecule has 3 aromatic rings. The standard InChI is InChI=1S/C23H27N3O5/c1-5-29-19-12-7-16(13-20(19)30-6-2)22-15(3)25-26-23(22)24-21(27)14-31-18-10-8-17(28-4)9-11-18/h7-13H,5-6,14H2,1-4H3,(H2,24,25,26,27). The summed E-state index contributed by atoms with van der Waals surface area (Å²) in [5.41, 5.74) is 2.45. The van der Waals surface area contributed by atoms with Gasteiger partial charge in [-0.2, -0.15) is 5.10 Å². The van der Waals surface area contributed by atoms with Gasteiger partial charge in [0.25, 0.3) is 5.91 Å². The fourth-order valence-electron chi connectivity index (χ4n) is 3.07. The molecule has 2 N–H and O–H groups in total. The fraction of sp³-hybridized carbons (Fsp3) is 0.304. The number of methoxy groups -OCH3 is 1. The van der Waals surface area contributed by atoms with Crippen LogP contribution < -0.4 is 24.3 Å². The first-order valence-corrected chi connectivity index (χ1v) is 10.1. The van der Waals surface area contributed by atoms with Crippen LogP contribution in [-0.2, 0) is 4.79 Å². The Morgan fingerprint density at radius 3 is 2.32 bits per heavy atom. The average molecular weight is 425 g/mol. The molecule has 3 rings (SSSR count). The van der Waals surface area contributed by atoms with Crippen molar-refractivity contribution in [3.63, 3.8) is 0 Å². The number of H-pyrrole nitrogens is 1. The highest BCUT2D eigenvalue weighted by atomic mass is 16.5. The Balaban J connectivity index is 1.74. The van der Waals surface area contributed by atoms with Gasteiger partial charge in [-0.25, -0.2) is 0 Å². The van der Waals surface area contributed by atoms with Gasteiger partial charge in [0.1, 0.15) is 11.5 Å². The molecule has 0 saturated heterocycles. The predicted molar refractivity (Wildman–Crippen MR) is 118 cm³/mol. The molecule has 164 valence electrons. The Bertz CT molecular complexity index is 1010. The molecule has 0 spiro atoms. The van der Waals surface area contributed by atoms with Crippen molar-refractivity contribution < 1.29 is 23.7 Å². The maximum atomic E-state index is 12.5. The van der Waals surface area contributed by atoms with Crippen molar-refractivity contribution >= 4 is 11.7 Å². The summed E-state index contributed by atoms with van der Waals surface area (Å²) in [6.07, 6.45) is 0. The van der Waals surface area contributed by atoms with Crippen LogP contribution >= 0.6 is 0 Å². The summed E-state index contributed by atoms with van der Waals surface area (Å²) in [6, 6.07) is 12.7. The van der Waals surface area contributed by atoms with Crippen LogP contribution in [0, 0.1) is 6.92 Å². The highest BCUT2D eigenvalue weighted by Gasteiger charge is 2.17. The van der Waals surface area contributed by atoms with E-state index in [1.165, 1.54) is 0 Å². The van der Waals surface area contributed by atoms with Crippen LogP contribution in [-0.4, -0.2) is 43.0 Å². The van der Waals surface area contributed by atoms with Gasteiger partial charge in [-0.3, -0.25) is 9.89 Å². The zero-order valence-electron chi connectivity index (χ0n) is 18.2. The fourth-order valence-corrected chi connectivity index (χ4v) is 3.07. The van der Waals surface area contributed by atoms with E-state index in [1.54, 1.807) is 31.4 Å². The minimum Gasteiger partial charge on any atom is -0.497 e. The molecule has 1 amide bonds. The van der Waals surface area contributed by atoms with E-state index in [-0.39, 0.29) is 12.5 Å². The molecule has 0 aliphatic rings. The number of nitrogens with zero attached hydrogens (tertiary/aromatic N) is 1. The Hall–Kier alpha value is -3.68. The van der Waals surface area contributed by atoms with Crippen LogP contribution in [0.5, 0.6) is 23.0 Å². The van der Waals surface area contributed by atoms with Gasteiger partial charge in [-0.15, -0.1) is 0 Å². The van der Waals surface area contributed by atoms with Crippen LogP contribution in [0.2, 0.25) is 0 Å². The van der Waals surface area contributed by atoms with Gasteiger partial charge in [-0.05, 0) is 62.7 Å². The maximum absolute atomic E-state index is 12.5. The predicted octanol–water partition coefficient (Wildman–Crippen LogP) is 4.21. The number of carbonyl (C=O) groups is 1. The lowest BCUT2D eigenvalue weighted by Crippen LogP contribution is -2.20. The average Bonchev–Trinajstić information content (AvgIpc) is 3.14. The SMILES string of the molecule is CCOc1ccc(-c2c(NC(=O)COc3ccc(OC)cc3)n[nH]c2C)cc1OCC. The third kappa shape index (κ3) is 5.48. The molecule has 0 radical (unpaired) electrons. The van der Waals surface area contributed by atoms with E-state index in [0.717, 1.165) is 22.6 Å². The maximum Gasteiger partial charge on any atom is 0.263 e. The summed E-state index contributed by atoms with van der Waals surface area (Å²) in [6.45, 7) is 6.64. The first kappa shape index (κ1) is 22.0. The van der Waals surface area contributed by atoms with E-state index in [4.69, 9.17) is 18.9 Å². The van der Waals surface area contributed by atoms with Crippen molar-refractivity contribution in [2.45, 2.75) is 20.8 Å². The Morgan fingerprint density at radius 1 is 0.968 bits per heavy atom. The number of amides is 1. The number of ether oxygens (including phenoxy) is 4. The molecule has 0 atom stereocenters. The molecule has 1 aromatic heterocycles. The summed E-state index contributed by atoms with van der Waals surface area (Å²) in [5.74, 6) is 2.71. The lowest BCUT2D eigenvalue weighted by Gasteiger charge is -2.13. The summed E-state index contributed by atoms with van der Waals surface area (Å²) in [5, 5.41) is 9.98. The number of nitrogens with one attached hydrogen (secondary N) is 2. The van der Waals surface area contributed by atoms with Crippen molar-refractivity contribution in [3.05, 3.63) is 48.2 Å². The zero-order chi connectivity index (χ0) is 22.2. The largest absolute Gasteiger partial charge is 0.497 e. The van der Waals surface area contributed by atoms with Crippen molar-refractivity contribution in [1.82, 2.24) is 10.2 Å². The van der Waals surface area contributed by atoms with E-state index in [0.29, 0.717) is 36.3 Å². The number of rotatable bonds is 10. The van der Waals surface area contributed by atoms with Gasteiger partial charge < -0.3 is 24.3 Å². The molecule has 0 saturated carbocycles. The normalized spacial score (nSPS) is 10.5. The number of aromatic amines is 1. The molecule has 0 fully saturated rings. The molecular formula is C23H27N3O5. The number of anilines is 1. The highest BCUT2D eigenvalue weighted by Crippen LogP contribution is 2.36. The third-order valence-corrected chi connectivity index (χ3v) is 4.47. The van der Waals surface area contributed by atoms with Crippen LogP contribution in [0.4, 0.5) is 5.82 Å². The molecule has 2 aromatic carbocycles. The molecule has 1 heterocycles. The summed E-state index contributed by atoms with van der Waals surface area (Å²) in [4.78, 5) is 12.5. The van der Waals surface area contributed by atoms with Gasteiger partial charge in [-0.1, -0.05) is 6.07 Å². The first-order valence-electron chi connectivity index (χ1n) is 10.1. The molecule has 8 nitrogen and oxygen atoms in total. The molecule has 0 bridgehead atoms. The molecule has 31 heavy (non-hydrogen) atoms. The van der Waals surface area contributed by atoms with Crippen molar-refractivity contribution in [2.24, 2.45) is 0 Å². The summed E-state index contributed by atoms with van der Waals surface area (Å²) >= 11 is 0. The van der Waals surface area contributed by atoms with Gasteiger partial charge in [0.15, 0.2) is 23.9 Å². The quantitative estimate of drug-likeness (QED) is 0.505. The van der Waals surface area contributed by atoms with Gasteiger partial charge in [0.2, 0.25) is 0 Å². The second-order valence-electron chi connectivity index (χ2n) is 6.61. The lowest BCUT2D eigenvalue weighted by atomic mass is 10.0. The van der Waals surface area contributed by atoms with Gasteiger partial charge in [0, 0.05) is 11.3 Å². The Labute approximate surface area is 181 Å². The lowest BCUT2D eigenvalue weighted by molar-refractivity contribution is -0.118. The van der Waals surface area contributed by atoms with E-state index < -0.39 is 0 Å². The number of hydrogen-bond acceptors (Lipinski definition) is 6. The number of aromatic nitrogens is 2. The molecule has 0 aliphatic carbocycles. The van der Waals surface area contributed by atoms with Crippen molar-refractivity contribution in [2.75, 3.05) is 32.2 Å².